The highest BCUT2D eigenvalue weighted by Gasteiger charge is 2.60. The second kappa shape index (κ2) is 5.46. The highest BCUT2D eigenvalue weighted by atomic mass is 19.4. The number of pyridine rings is 1. The highest BCUT2D eigenvalue weighted by Crippen LogP contribution is 2.58. The molecular weight excluding hydrogens is 325 g/mol. The minimum Gasteiger partial charge on any atom is -0.481 e. The first-order valence-corrected chi connectivity index (χ1v) is 7.71. The van der Waals surface area contributed by atoms with E-state index in [-0.39, 0.29) is 22.6 Å². The van der Waals surface area contributed by atoms with E-state index < -0.39 is 23.8 Å². The maximum atomic E-state index is 12.7. The van der Waals surface area contributed by atoms with E-state index >= 15 is 0 Å². The Labute approximate surface area is 136 Å². The van der Waals surface area contributed by atoms with Crippen molar-refractivity contribution < 1.29 is 27.9 Å². The fourth-order valence-electron chi connectivity index (χ4n) is 3.60. The predicted octanol–water partition coefficient (Wildman–Crippen LogP) is 2.74. The van der Waals surface area contributed by atoms with Crippen molar-refractivity contribution in [3.8, 4) is 0 Å². The number of hydrogen-bond donors (Lipinski definition) is 1. The van der Waals surface area contributed by atoms with Crippen molar-refractivity contribution in [3.63, 3.8) is 0 Å². The zero-order chi connectivity index (χ0) is 17.7. The molecule has 1 saturated carbocycles. The SMILES string of the molecule is Cc1nc(C(F)(F)F)ccc1C(=O)N1CCCC2(CC2C(=O)O)C1. The van der Waals surface area contributed by atoms with Crippen molar-refractivity contribution >= 4 is 11.9 Å². The first-order chi connectivity index (χ1) is 11.1. The van der Waals surface area contributed by atoms with Crippen LogP contribution < -0.4 is 0 Å². The Morgan fingerprint density at radius 3 is 2.62 bits per heavy atom. The van der Waals surface area contributed by atoms with Gasteiger partial charge in [-0.3, -0.25) is 9.59 Å². The fourth-order valence-corrected chi connectivity index (χ4v) is 3.60. The van der Waals surface area contributed by atoms with Gasteiger partial charge < -0.3 is 10.0 Å². The molecule has 1 amide bonds. The summed E-state index contributed by atoms with van der Waals surface area (Å²) in [6, 6.07) is 1.95. The number of aromatic nitrogens is 1. The molecule has 2 fully saturated rings. The molecule has 2 heterocycles. The van der Waals surface area contributed by atoms with Crippen LogP contribution in [-0.4, -0.2) is 40.0 Å². The van der Waals surface area contributed by atoms with Gasteiger partial charge in [0.1, 0.15) is 5.69 Å². The number of carboxylic acids is 1. The average Bonchev–Trinajstić information content (AvgIpc) is 3.19. The van der Waals surface area contributed by atoms with E-state index in [2.05, 4.69) is 4.98 Å². The second-order valence-corrected chi connectivity index (χ2v) is 6.61. The number of alkyl halides is 3. The van der Waals surface area contributed by atoms with Gasteiger partial charge in [-0.25, -0.2) is 4.98 Å². The van der Waals surface area contributed by atoms with E-state index in [0.29, 0.717) is 25.9 Å². The van der Waals surface area contributed by atoms with Gasteiger partial charge in [0, 0.05) is 18.5 Å². The normalized spacial score (nSPS) is 26.5. The zero-order valence-corrected chi connectivity index (χ0v) is 13.1. The molecule has 2 aliphatic rings. The minimum atomic E-state index is -4.55. The number of carbonyl (C=O) groups is 2. The number of likely N-dealkylation sites (tertiary alicyclic amines) is 1. The molecule has 8 heteroatoms. The van der Waals surface area contributed by atoms with Gasteiger partial charge in [0.05, 0.1) is 17.2 Å². The minimum absolute atomic E-state index is 0.0278. The first kappa shape index (κ1) is 16.7. The van der Waals surface area contributed by atoms with Gasteiger partial charge in [-0.1, -0.05) is 0 Å². The number of aliphatic carboxylic acids is 1. The summed E-state index contributed by atoms with van der Waals surface area (Å²) in [6.45, 7) is 2.19. The molecule has 1 aliphatic heterocycles. The van der Waals surface area contributed by atoms with Gasteiger partial charge in [0.2, 0.25) is 0 Å². The van der Waals surface area contributed by atoms with Crippen LogP contribution in [-0.2, 0) is 11.0 Å². The van der Waals surface area contributed by atoms with Crippen LogP contribution in [0.3, 0.4) is 0 Å². The van der Waals surface area contributed by atoms with E-state index in [1.807, 2.05) is 0 Å². The van der Waals surface area contributed by atoms with Crippen molar-refractivity contribution in [1.82, 2.24) is 9.88 Å². The summed E-state index contributed by atoms with van der Waals surface area (Å²) in [6.07, 6.45) is -2.54. The molecule has 1 aromatic heterocycles. The van der Waals surface area contributed by atoms with E-state index in [4.69, 9.17) is 5.11 Å². The molecule has 1 aromatic rings. The lowest BCUT2D eigenvalue weighted by Crippen LogP contribution is -2.42. The maximum Gasteiger partial charge on any atom is 0.433 e. The monoisotopic (exact) mass is 342 g/mol. The number of carboxylic acid groups (broad SMARTS) is 1. The van der Waals surface area contributed by atoms with Crippen LogP contribution in [0.15, 0.2) is 12.1 Å². The largest absolute Gasteiger partial charge is 0.481 e. The maximum absolute atomic E-state index is 12.7. The lowest BCUT2D eigenvalue weighted by Gasteiger charge is -2.33. The van der Waals surface area contributed by atoms with Crippen LogP contribution in [0, 0.1) is 18.3 Å². The standard InChI is InChI=1S/C16H17F3N2O3/c1-9-10(3-4-12(20-9)16(17,18)19)13(22)21-6-2-5-15(8-21)7-11(15)14(23)24/h3-4,11H,2,5-8H2,1H3,(H,23,24). The Morgan fingerprint density at radius 2 is 2.08 bits per heavy atom. The number of hydrogen-bond acceptors (Lipinski definition) is 3. The van der Waals surface area contributed by atoms with Gasteiger partial charge in [0.25, 0.3) is 5.91 Å². The van der Waals surface area contributed by atoms with Gasteiger partial charge >= 0.3 is 12.1 Å². The van der Waals surface area contributed by atoms with E-state index in [1.165, 1.54) is 6.92 Å². The number of carbonyl (C=O) groups excluding carboxylic acids is 1. The van der Waals surface area contributed by atoms with Crippen molar-refractivity contribution in [2.24, 2.45) is 11.3 Å². The topological polar surface area (TPSA) is 70.5 Å². The Hall–Kier alpha value is -2.12. The molecule has 5 nitrogen and oxygen atoms in total. The lowest BCUT2D eigenvalue weighted by atomic mass is 9.91. The summed E-state index contributed by atoms with van der Waals surface area (Å²) < 4.78 is 38.0. The molecular formula is C16H17F3N2O3. The predicted molar refractivity (Wildman–Crippen MR) is 77.3 cm³/mol. The van der Waals surface area contributed by atoms with Crippen molar-refractivity contribution in [1.29, 1.82) is 0 Å². The summed E-state index contributed by atoms with van der Waals surface area (Å²) in [7, 11) is 0. The van der Waals surface area contributed by atoms with Crippen LogP contribution >= 0.6 is 0 Å². The van der Waals surface area contributed by atoms with Crippen LogP contribution in [0.2, 0.25) is 0 Å². The number of aryl methyl sites for hydroxylation is 1. The number of halogens is 3. The second-order valence-electron chi connectivity index (χ2n) is 6.61. The molecule has 24 heavy (non-hydrogen) atoms. The quantitative estimate of drug-likeness (QED) is 0.897. The molecule has 1 spiro atoms. The molecule has 0 radical (unpaired) electrons. The Kier molecular flexibility index (Phi) is 3.80. The Balaban J connectivity index is 1.78. The van der Waals surface area contributed by atoms with Crippen molar-refractivity contribution in [2.75, 3.05) is 13.1 Å². The first-order valence-electron chi connectivity index (χ1n) is 7.71. The summed E-state index contributed by atoms with van der Waals surface area (Å²) in [5.41, 5.74) is -1.24. The number of amides is 1. The van der Waals surface area contributed by atoms with Crippen LogP contribution in [0.4, 0.5) is 13.2 Å². The third-order valence-corrected chi connectivity index (χ3v) is 4.99. The van der Waals surface area contributed by atoms with Crippen LogP contribution in [0.25, 0.3) is 0 Å². The van der Waals surface area contributed by atoms with Gasteiger partial charge in [-0.05, 0) is 38.3 Å². The molecule has 1 saturated heterocycles. The summed E-state index contributed by atoms with van der Waals surface area (Å²) in [5.74, 6) is -1.67. The lowest BCUT2D eigenvalue weighted by molar-refractivity contribution is -0.141. The Morgan fingerprint density at radius 1 is 1.38 bits per heavy atom. The number of piperidine rings is 1. The molecule has 2 unspecified atom stereocenters. The molecule has 3 rings (SSSR count). The molecule has 130 valence electrons. The summed E-state index contributed by atoms with van der Waals surface area (Å²) in [5, 5.41) is 9.14. The van der Waals surface area contributed by atoms with Crippen molar-refractivity contribution in [3.05, 3.63) is 29.1 Å². The van der Waals surface area contributed by atoms with Crippen molar-refractivity contribution in [2.45, 2.75) is 32.4 Å². The molecule has 1 N–H and O–H groups in total. The van der Waals surface area contributed by atoms with E-state index in [9.17, 15) is 22.8 Å². The molecule has 1 aliphatic carbocycles. The van der Waals surface area contributed by atoms with Crippen LogP contribution in [0.1, 0.15) is 41.0 Å². The molecule has 0 aromatic carbocycles. The summed E-state index contributed by atoms with van der Waals surface area (Å²) in [4.78, 5) is 28.8. The Bertz CT molecular complexity index is 704. The van der Waals surface area contributed by atoms with Gasteiger partial charge in [0.15, 0.2) is 0 Å². The third-order valence-electron chi connectivity index (χ3n) is 4.99. The highest BCUT2D eigenvalue weighted by molar-refractivity contribution is 5.95. The van der Waals surface area contributed by atoms with Gasteiger partial charge in [-0.2, -0.15) is 13.2 Å². The molecule has 2 atom stereocenters. The summed E-state index contributed by atoms with van der Waals surface area (Å²) >= 11 is 0. The van der Waals surface area contributed by atoms with E-state index in [0.717, 1.165) is 18.6 Å². The third kappa shape index (κ3) is 2.85. The number of nitrogens with zero attached hydrogens (tertiary/aromatic N) is 2. The molecule has 0 bridgehead atoms. The fraction of sp³-hybridized carbons (Fsp3) is 0.562. The zero-order valence-electron chi connectivity index (χ0n) is 13.1. The van der Waals surface area contributed by atoms with Crippen LogP contribution in [0.5, 0.6) is 0 Å². The van der Waals surface area contributed by atoms with Gasteiger partial charge in [-0.15, -0.1) is 0 Å². The van der Waals surface area contributed by atoms with E-state index in [1.54, 1.807) is 4.90 Å². The average molecular weight is 342 g/mol. The number of rotatable bonds is 2. The smallest absolute Gasteiger partial charge is 0.433 e.